The predicted molar refractivity (Wildman–Crippen MR) is 162 cm³/mol. The van der Waals surface area contributed by atoms with Crippen molar-refractivity contribution in [1.29, 1.82) is 0 Å². The van der Waals surface area contributed by atoms with Crippen LogP contribution in [-0.2, 0) is 20.2 Å². The molecule has 0 aliphatic carbocycles. The minimum absolute atomic E-state index is 0. The first-order valence-electron chi connectivity index (χ1n) is 11.5. The molecule has 43 heavy (non-hydrogen) atoms. The topological polar surface area (TPSA) is 225 Å². The van der Waals surface area contributed by atoms with E-state index in [1.165, 1.54) is 36.4 Å². The summed E-state index contributed by atoms with van der Waals surface area (Å²) in [7, 11) is -9.73. The number of hydrogen-bond donors (Lipinski definition) is 5. The largest absolute Gasteiger partial charge is 0.505 e. The van der Waals surface area contributed by atoms with Crippen LogP contribution >= 0.6 is 0 Å². The van der Waals surface area contributed by atoms with Crippen molar-refractivity contribution >= 4 is 129 Å². The summed E-state index contributed by atoms with van der Waals surface area (Å²) in [5.41, 5.74) is 5.39. The van der Waals surface area contributed by atoms with E-state index in [2.05, 4.69) is 20.5 Å². The first kappa shape index (κ1) is 34.5. The van der Waals surface area contributed by atoms with Gasteiger partial charge in [0.2, 0.25) is 0 Å². The van der Waals surface area contributed by atoms with Crippen LogP contribution in [0.3, 0.4) is 0 Å². The molecule has 0 atom stereocenters. The Hall–Kier alpha value is -2.96. The van der Waals surface area contributed by atoms with Crippen LogP contribution in [0.15, 0.2) is 109 Å². The third-order valence-corrected chi connectivity index (χ3v) is 7.69. The monoisotopic (exact) mass is 639 g/mol. The SMILES string of the molecule is Nc1ccc2c(O)c(N=Nc3ccc4c(O)c(N=Nc5ccccc5)c(S(=O)(=O)O)cc4c3)c(S(=O)(=O)O)cc2c1.[Na].[Na]. The van der Waals surface area contributed by atoms with E-state index in [0.29, 0.717) is 11.4 Å². The van der Waals surface area contributed by atoms with Gasteiger partial charge in [-0.2, -0.15) is 27.1 Å². The third kappa shape index (κ3) is 7.41. The van der Waals surface area contributed by atoms with Gasteiger partial charge in [-0.15, -0.1) is 10.2 Å². The Kier molecular flexibility index (Phi) is 10.7. The Morgan fingerprint density at radius 1 is 0.558 bits per heavy atom. The van der Waals surface area contributed by atoms with Crippen LogP contribution < -0.4 is 5.73 Å². The molecule has 5 rings (SSSR count). The quantitative estimate of drug-likeness (QED) is 0.0678. The van der Waals surface area contributed by atoms with Crippen molar-refractivity contribution in [3.05, 3.63) is 78.9 Å². The Morgan fingerprint density at radius 2 is 1.02 bits per heavy atom. The number of aromatic hydroxyl groups is 2. The van der Waals surface area contributed by atoms with Crippen molar-refractivity contribution < 1.29 is 36.2 Å². The fraction of sp³-hybridized carbons (Fsp3) is 0. The summed E-state index contributed by atoms with van der Waals surface area (Å²) in [5.74, 6) is -1.17. The number of azo groups is 2. The van der Waals surface area contributed by atoms with Crippen LogP contribution in [0.25, 0.3) is 21.5 Å². The maximum Gasteiger partial charge on any atom is 0.296 e. The summed E-state index contributed by atoms with van der Waals surface area (Å²) >= 11 is 0. The number of nitrogens with two attached hydrogens (primary N) is 1. The van der Waals surface area contributed by atoms with Crippen LogP contribution in [0, 0.1) is 0 Å². The second-order valence-corrected chi connectivity index (χ2v) is 11.5. The second kappa shape index (κ2) is 13.4. The Labute approximate surface area is 289 Å². The van der Waals surface area contributed by atoms with E-state index in [4.69, 9.17) is 5.73 Å². The zero-order chi connectivity index (χ0) is 29.5. The van der Waals surface area contributed by atoms with Crippen molar-refractivity contribution in [2.75, 3.05) is 5.73 Å². The van der Waals surface area contributed by atoms with Gasteiger partial charge in [-0.25, -0.2) is 0 Å². The molecule has 210 valence electrons. The molecule has 0 aliphatic heterocycles. The summed E-state index contributed by atoms with van der Waals surface area (Å²) in [5, 5.41) is 37.8. The summed E-state index contributed by atoms with van der Waals surface area (Å²) in [6.45, 7) is 0. The van der Waals surface area contributed by atoms with Gasteiger partial charge in [-0.05, 0) is 71.4 Å². The van der Waals surface area contributed by atoms with Gasteiger partial charge < -0.3 is 15.9 Å². The maximum atomic E-state index is 12.1. The summed E-state index contributed by atoms with van der Waals surface area (Å²) in [4.78, 5) is -1.45. The van der Waals surface area contributed by atoms with Crippen molar-refractivity contribution in [2.45, 2.75) is 9.79 Å². The first-order valence-corrected chi connectivity index (χ1v) is 14.4. The minimum atomic E-state index is -4.88. The molecule has 0 heterocycles. The number of fused-ring (bicyclic) bond motifs is 2. The molecule has 0 bridgehead atoms. The molecule has 0 spiro atoms. The van der Waals surface area contributed by atoms with Crippen LogP contribution in [0.2, 0.25) is 0 Å². The first-order chi connectivity index (χ1) is 19.3. The molecule has 0 aliphatic rings. The van der Waals surface area contributed by atoms with E-state index in [1.54, 1.807) is 30.3 Å². The van der Waals surface area contributed by atoms with Gasteiger partial charge in [0, 0.05) is 75.6 Å². The number of nitrogens with zero attached hydrogens (tertiary/aromatic N) is 4. The van der Waals surface area contributed by atoms with Gasteiger partial charge in [0.15, 0.2) is 11.5 Å². The van der Waals surface area contributed by atoms with Crippen molar-refractivity contribution in [3.8, 4) is 11.5 Å². The summed E-state index contributed by atoms with van der Waals surface area (Å²) in [6, 6.07) is 18.8. The normalized spacial score (nSPS) is 12.0. The number of hydrogen-bond acceptors (Lipinski definition) is 11. The van der Waals surface area contributed by atoms with Crippen LogP contribution in [0.4, 0.5) is 28.4 Å². The van der Waals surface area contributed by atoms with E-state index in [0.717, 1.165) is 12.1 Å². The minimum Gasteiger partial charge on any atom is -0.505 e. The molecule has 0 saturated carbocycles. The molecule has 6 N–H and O–H groups in total. The van der Waals surface area contributed by atoms with E-state index in [9.17, 15) is 36.2 Å². The molecule has 0 aromatic heterocycles. The molecule has 0 saturated heterocycles. The third-order valence-electron chi connectivity index (χ3n) is 5.95. The standard InChI is InChI=1S/C26H19N5O8S2.2Na/c27-16-6-8-19-14(10-16)12-21(40(34,35)36)24(25(19)32)31-29-18-7-9-20-15(11-18)13-22(41(37,38)39)23(26(20)33)30-28-17-4-2-1-3-5-17;;/h1-13,32-33H,27H2,(H,34,35,36)(H,37,38,39);;. The van der Waals surface area contributed by atoms with Crippen molar-refractivity contribution in [2.24, 2.45) is 20.5 Å². The molecule has 17 heteroatoms. The van der Waals surface area contributed by atoms with Crippen LogP contribution in [-0.4, -0.2) is 95.3 Å². The maximum absolute atomic E-state index is 12.1. The fourth-order valence-electron chi connectivity index (χ4n) is 4.07. The number of benzene rings is 5. The van der Waals surface area contributed by atoms with Gasteiger partial charge in [0.05, 0.1) is 11.4 Å². The van der Waals surface area contributed by atoms with Gasteiger partial charge in [0.1, 0.15) is 21.2 Å². The van der Waals surface area contributed by atoms with Gasteiger partial charge in [0.25, 0.3) is 20.2 Å². The predicted octanol–water partition coefficient (Wildman–Crippen LogP) is 5.55. The average Bonchev–Trinajstić information content (AvgIpc) is 2.91. The molecule has 5 aromatic carbocycles. The number of phenols is 2. The molecular formula is C26H19N5Na2O8S2. The smallest absolute Gasteiger partial charge is 0.296 e. The molecule has 0 unspecified atom stereocenters. The van der Waals surface area contributed by atoms with E-state index >= 15 is 0 Å². The van der Waals surface area contributed by atoms with E-state index < -0.39 is 52.9 Å². The molecular weight excluding hydrogens is 620 g/mol. The molecule has 0 fully saturated rings. The Bertz CT molecular complexity index is 2140. The van der Waals surface area contributed by atoms with E-state index in [-0.39, 0.29) is 86.3 Å². The number of anilines is 1. The van der Waals surface area contributed by atoms with Gasteiger partial charge >= 0.3 is 0 Å². The number of rotatable bonds is 6. The van der Waals surface area contributed by atoms with Crippen molar-refractivity contribution in [1.82, 2.24) is 0 Å². The van der Waals surface area contributed by atoms with Crippen LogP contribution in [0.5, 0.6) is 11.5 Å². The summed E-state index contributed by atoms with van der Waals surface area (Å²) < 4.78 is 67.9. The van der Waals surface area contributed by atoms with E-state index in [1.807, 2.05) is 0 Å². The second-order valence-electron chi connectivity index (χ2n) is 8.72. The zero-order valence-corrected chi connectivity index (χ0v) is 28.2. The number of phenolic OH excluding ortho intramolecular Hbond substituents is 2. The molecule has 0 amide bonds. The molecule has 2 radical (unpaired) electrons. The number of nitrogen functional groups attached to an aromatic ring is 1. The summed E-state index contributed by atoms with van der Waals surface area (Å²) in [6.07, 6.45) is 0. The fourth-order valence-corrected chi connectivity index (χ4v) is 5.38. The van der Waals surface area contributed by atoms with Crippen molar-refractivity contribution in [3.63, 3.8) is 0 Å². The Morgan fingerprint density at radius 3 is 1.53 bits per heavy atom. The molecule has 5 aromatic rings. The van der Waals surface area contributed by atoms with Crippen LogP contribution in [0.1, 0.15) is 0 Å². The molecule has 13 nitrogen and oxygen atoms in total. The average molecular weight is 640 g/mol. The Balaban J connectivity index is 0.00000253. The zero-order valence-electron chi connectivity index (χ0n) is 22.6. The van der Waals surface area contributed by atoms with Gasteiger partial charge in [-0.3, -0.25) is 9.11 Å². The van der Waals surface area contributed by atoms with Gasteiger partial charge in [-0.1, -0.05) is 18.2 Å².